The van der Waals surface area contributed by atoms with Crippen molar-refractivity contribution in [2.75, 3.05) is 7.05 Å². The van der Waals surface area contributed by atoms with E-state index in [1.807, 2.05) is 74.0 Å². The van der Waals surface area contributed by atoms with Crippen LogP contribution in [-0.4, -0.2) is 37.9 Å². The minimum Gasteiger partial charge on any atom is -0.340 e. The van der Waals surface area contributed by atoms with Crippen LogP contribution in [-0.2, 0) is 11.3 Å². The number of carbonyl (C=O) groups excluding carboxylic acids is 1. The molecule has 0 N–H and O–H groups in total. The Morgan fingerprint density at radius 3 is 2.70 bits per heavy atom. The van der Waals surface area contributed by atoms with E-state index in [1.165, 1.54) is 11.8 Å². The van der Waals surface area contributed by atoms with Crippen LogP contribution in [0.25, 0.3) is 5.69 Å². The maximum absolute atomic E-state index is 12.7. The molecule has 0 saturated carbocycles. The van der Waals surface area contributed by atoms with Crippen LogP contribution in [0, 0.1) is 6.92 Å². The lowest BCUT2D eigenvalue weighted by Crippen LogP contribution is -2.32. The molecule has 0 fully saturated rings. The van der Waals surface area contributed by atoms with Gasteiger partial charge in [0, 0.05) is 18.6 Å². The van der Waals surface area contributed by atoms with E-state index < -0.39 is 0 Å². The molecule has 5 nitrogen and oxygen atoms in total. The monoisotopic (exact) mass is 400 g/mol. The predicted octanol–water partition coefficient (Wildman–Crippen LogP) is 4.37. The molecule has 0 radical (unpaired) electrons. The van der Waals surface area contributed by atoms with E-state index in [1.54, 1.807) is 11.2 Å². The number of thioether (sulfide) groups is 1. The summed E-state index contributed by atoms with van der Waals surface area (Å²) in [5.41, 5.74) is 2.98. The molecular formula is C20H21ClN4OS. The quantitative estimate of drug-likeness (QED) is 0.576. The first-order valence-corrected chi connectivity index (χ1v) is 9.83. The molecule has 140 valence electrons. The number of hydrogen-bond donors (Lipinski definition) is 0. The highest BCUT2D eigenvalue weighted by molar-refractivity contribution is 8.00. The number of nitrogens with zero attached hydrogens (tertiary/aromatic N) is 4. The van der Waals surface area contributed by atoms with Gasteiger partial charge in [-0.15, -0.1) is 10.2 Å². The van der Waals surface area contributed by atoms with Crippen molar-refractivity contribution < 1.29 is 4.79 Å². The smallest absolute Gasteiger partial charge is 0.235 e. The van der Waals surface area contributed by atoms with Crippen LogP contribution >= 0.6 is 23.4 Å². The topological polar surface area (TPSA) is 51.0 Å². The Kier molecular flexibility index (Phi) is 6.19. The number of hydrogen-bond acceptors (Lipinski definition) is 4. The van der Waals surface area contributed by atoms with Gasteiger partial charge in [-0.3, -0.25) is 9.36 Å². The molecule has 1 unspecified atom stereocenters. The molecule has 7 heteroatoms. The highest BCUT2D eigenvalue weighted by Gasteiger charge is 2.21. The molecule has 0 bridgehead atoms. The largest absolute Gasteiger partial charge is 0.340 e. The van der Waals surface area contributed by atoms with Crippen molar-refractivity contribution in [3.63, 3.8) is 0 Å². The molecule has 0 saturated heterocycles. The van der Waals surface area contributed by atoms with Crippen LogP contribution < -0.4 is 0 Å². The Labute approximate surface area is 168 Å². The van der Waals surface area contributed by atoms with Crippen LogP contribution in [0.2, 0.25) is 5.02 Å². The molecule has 1 amide bonds. The van der Waals surface area contributed by atoms with Gasteiger partial charge in [0.1, 0.15) is 6.33 Å². The summed E-state index contributed by atoms with van der Waals surface area (Å²) in [6.07, 6.45) is 1.63. The van der Waals surface area contributed by atoms with Gasteiger partial charge in [0.05, 0.1) is 10.9 Å². The Morgan fingerprint density at radius 1 is 1.26 bits per heavy atom. The van der Waals surface area contributed by atoms with Gasteiger partial charge in [-0.25, -0.2) is 0 Å². The van der Waals surface area contributed by atoms with Crippen LogP contribution in [0.4, 0.5) is 0 Å². The molecule has 0 spiro atoms. The molecule has 3 rings (SSSR count). The fourth-order valence-electron chi connectivity index (χ4n) is 2.67. The van der Waals surface area contributed by atoms with Crippen LogP contribution in [0.5, 0.6) is 0 Å². The van der Waals surface area contributed by atoms with Gasteiger partial charge in [-0.2, -0.15) is 0 Å². The molecule has 1 heterocycles. The molecule has 2 aromatic carbocycles. The van der Waals surface area contributed by atoms with E-state index in [0.29, 0.717) is 16.7 Å². The zero-order valence-corrected chi connectivity index (χ0v) is 17.0. The third-order valence-electron chi connectivity index (χ3n) is 4.22. The third-order valence-corrected chi connectivity index (χ3v) is 5.67. The summed E-state index contributed by atoms with van der Waals surface area (Å²) < 4.78 is 1.84. The number of benzene rings is 2. The third kappa shape index (κ3) is 4.70. The molecular weight excluding hydrogens is 380 g/mol. The van der Waals surface area contributed by atoms with Gasteiger partial charge >= 0.3 is 0 Å². The van der Waals surface area contributed by atoms with E-state index in [0.717, 1.165) is 16.8 Å². The Morgan fingerprint density at radius 2 is 2.00 bits per heavy atom. The Bertz CT molecular complexity index is 929. The lowest BCUT2D eigenvalue weighted by molar-refractivity contribution is -0.129. The second-order valence-corrected chi connectivity index (χ2v) is 8.07. The zero-order chi connectivity index (χ0) is 19.4. The van der Waals surface area contributed by atoms with Crippen molar-refractivity contribution in [1.82, 2.24) is 19.7 Å². The normalized spacial score (nSPS) is 12.0. The first kappa shape index (κ1) is 19.5. The van der Waals surface area contributed by atoms with Gasteiger partial charge < -0.3 is 4.90 Å². The fourth-order valence-corrected chi connectivity index (χ4v) is 3.80. The minimum atomic E-state index is -0.289. The average molecular weight is 401 g/mol. The molecule has 0 aliphatic heterocycles. The summed E-state index contributed by atoms with van der Waals surface area (Å²) in [6, 6.07) is 15.7. The van der Waals surface area contributed by atoms with Crippen molar-refractivity contribution in [2.24, 2.45) is 0 Å². The molecule has 1 atom stereocenters. The van der Waals surface area contributed by atoms with E-state index in [9.17, 15) is 4.79 Å². The first-order chi connectivity index (χ1) is 13.0. The maximum atomic E-state index is 12.7. The van der Waals surface area contributed by atoms with Crippen LogP contribution in [0.3, 0.4) is 0 Å². The second kappa shape index (κ2) is 8.59. The maximum Gasteiger partial charge on any atom is 0.235 e. The predicted molar refractivity (Wildman–Crippen MR) is 109 cm³/mol. The first-order valence-electron chi connectivity index (χ1n) is 8.58. The van der Waals surface area contributed by atoms with Crippen molar-refractivity contribution in [2.45, 2.75) is 30.8 Å². The highest BCUT2D eigenvalue weighted by atomic mass is 35.5. The zero-order valence-electron chi connectivity index (χ0n) is 15.5. The van der Waals surface area contributed by atoms with Gasteiger partial charge in [-0.1, -0.05) is 59.8 Å². The van der Waals surface area contributed by atoms with Gasteiger partial charge in [0.15, 0.2) is 5.16 Å². The van der Waals surface area contributed by atoms with Gasteiger partial charge in [0.2, 0.25) is 5.91 Å². The van der Waals surface area contributed by atoms with Crippen LogP contribution in [0.1, 0.15) is 18.1 Å². The molecule has 3 aromatic rings. The summed E-state index contributed by atoms with van der Waals surface area (Å²) in [4.78, 5) is 14.5. The number of aromatic nitrogens is 3. The van der Waals surface area contributed by atoms with E-state index in [-0.39, 0.29) is 11.2 Å². The number of amides is 1. The minimum absolute atomic E-state index is 0.0420. The second-order valence-electron chi connectivity index (χ2n) is 6.36. The molecule has 0 aliphatic carbocycles. The van der Waals surface area contributed by atoms with Crippen LogP contribution in [0.15, 0.2) is 60.0 Å². The molecule has 27 heavy (non-hydrogen) atoms. The van der Waals surface area contributed by atoms with Crippen molar-refractivity contribution in [1.29, 1.82) is 0 Å². The van der Waals surface area contributed by atoms with E-state index in [4.69, 9.17) is 11.6 Å². The Balaban J connectivity index is 1.71. The molecule has 1 aromatic heterocycles. The SMILES string of the molecule is Cc1ccc(-n2cnnc2SC(C)C(=O)N(C)Cc2ccccc2)cc1Cl. The summed E-state index contributed by atoms with van der Waals surface area (Å²) in [5, 5.41) is 9.22. The summed E-state index contributed by atoms with van der Waals surface area (Å²) in [5.74, 6) is 0.0420. The number of carbonyl (C=O) groups is 1. The summed E-state index contributed by atoms with van der Waals surface area (Å²) in [6.45, 7) is 4.41. The average Bonchev–Trinajstić information content (AvgIpc) is 3.12. The van der Waals surface area contributed by atoms with Crippen molar-refractivity contribution >= 4 is 29.3 Å². The number of aryl methyl sites for hydroxylation is 1. The summed E-state index contributed by atoms with van der Waals surface area (Å²) >= 11 is 7.62. The van der Waals surface area contributed by atoms with E-state index in [2.05, 4.69) is 10.2 Å². The Hall–Kier alpha value is -2.31. The standard InChI is InChI=1S/C20H21ClN4OS/c1-14-9-10-17(11-18(14)21)25-13-22-23-20(25)27-15(2)19(26)24(3)12-16-7-5-4-6-8-16/h4-11,13,15H,12H2,1-3H3. The lowest BCUT2D eigenvalue weighted by Gasteiger charge is -2.21. The lowest BCUT2D eigenvalue weighted by atomic mass is 10.2. The van der Waals surface area contributed by atoms with Gasteiger partial charge in [-0.05, 0) is 37.1 Å². The fraction of sp³-hybridized carbons (Fsp3) is 0.250. The van der Waals surface area contributed by atoms with Gasteiger partial charge in [0.25, 0.3) is 0 Å². The van der Waals surface area contributed by atoms with Crippen molar-refractivity contribution in [3.8, 4) is 5.69 Å². The number of rotatable bonds is 6. The highest BCUT2D eigenvalue weighted by Crippen LogP contribution is 2.27. The van der Waals surface area contributed by atoms with Crippen molar-refractivity contribution in [3.05, 3.63) is 71.0 Å². The van der Waals surface area contributed by atoms with E-state index >= 15 is 0 Å². The molecule has 0 aliphatic rings. The number of halogens is 1. The summed E-state index contributed by atoms with van der Waals surface area (Å²) in [7, 11) is 1.82.